The Bertz CT molecular complexity index is 927. The molecule has 0 saturated heterocycles. The summed E-state index contributed by atoms with van der Waals surface area (Å²) in [6.07, 6.45) is 0.715. The molecule has 0 aliphatic carbocycles. The molecule has 25 heavy (non-hydrogen) atoms. The molecule has 1 aliphatic heterocycles. The fraction of sp³-hybridized carbons (Fsp3) is 0.200. The third kappa shape index (κ3) is 3.58. The predicted molar refractivity (Wildman–Crippen MR) is 87.6 cm³/mol. The van der Waals surface area contributed by atoms with Crippen LogP contribution in [0, 0.1) is 10.1 Å². The summed E-state index contributed by atoms with van der Waals surface area (Å²) in [5, 5.41) is 20.3. The average molecular weight is 366 g/mol. The zero-order valence-corrected chi connectivity index (χ0v) is 13.7. The third-order valence-corrected chi connectivity index (χ3v) is 4.83. The molecule has 0 saturated carbocycles. The van der Waals surface area contributed by atoms with E-state index in [0.717, 1.165) is 18.2 Å². The molecular weight excluding hydrogens is 352 g/mol. The fourth-order valence-corrected chi connectivity index (χ4v) is 3.33. The molecule has 0 radical (unpaired) electrons. The number of nitro benzene ring substituents is 1. The van der Waals surface area contributed by atoms with E-state index in [0.29, 0.717) is 31.1 Å². The molecule has 0 spiro atoms. The second-order valence-corrected chi connectivity index (χ2v) is 6.91. The molecule has 0 bridgehead atoms. The van der Waals surface area contributed by atoms with Crippen molar-refractivity contribution in [1.29, 1.82) is 0 Å². The van der Waals surface area contributed by atoms with Gasteiger partial charge in [0.2, 0.25) is 0 Å². The summed E-state index contributed by atoms with van der Waals surface area (Å²) in [7, 11) is -4.08. The normalized spacial score (nSPS) is 13.8. The highest BCUT2D eigenvalue weighted by Gasteiger charge is 2.22. The van der Waals surface area contributed by atoms with Crippen LogP contribution in [0.1, 0.15) is 6.42 Å². The van der Waals surface area contributed by atoms with Crippen LogP contribution in [0.15, 0.2) is 41.3 Å². The summed E-state index contributed by atoms with van der Waals surface area (Å²) in [5.74, 6) is 0.314. The van der Waals surface area contributed by atoms with E-state index in [1.165, 1.54) is 12.1 Å². The number of phenolic OH excluding ortho intramolecular Hbond substituents is 1. The maximum atomic E-state index is 12.4. The van der Waals surface area contributed by atoms with Crippen molar-refractivity contribution in [2.24, 2.45) is 0 Å². The van der Waals surface area contributed by atoms with Gasteiger partial charge in [0.1, 0.15) is 0 Å². The summed E-state index contributed by atoms with van der Waals surface area (Å²) in [4.78, 5) is 9.65. The maximum absolute atomic E-state index is 12.4. The third-order valence-electron chi connectivity index (χ3n) is 3.45. The van der Waals surface area contributed by atoms with Crippen molar-refractivity contribution in [2.45, 2.75) is 11.3 Å². The SMILES string of the molecule is O=[N+]([O-])c1cc(S(=O)(=O)Nc2ccc3c(c2)OCCCO3)ccc1O. The molecule has 0 fully saturated rings. The van der Waals surface area contributed by atoms with Crippen LogP contribution in [0.3, 0.4) is 0 Å². The van der Waals surface area contributed by atoms with Gasteiger partial charge in [0.25, 0.3) is 10.0 Å². The van der Waals surface area contributed by atoms with E-state index in [-0.39, 0.29) is 10.6 Å². The van der Waals surface area contributed by atoms with Gasteiger partial charge in [0.15, 0.2) is 17.2 Å². The van der Waals surface area contributed by atoms with Gasteiger partial charge >= 0.3 is 5.69 Å². The zero-order chi connectivity index (χ0) is 18.0. The van der Waals surface area contributed by atoms with Crippen molar-refractivity contribution in [2.75, 3.05) is 17.9 Å². The number of sulfonamides is 1. The first-order valence-corrected chi connectivity index (χ1v) is 8.75. The number of nitrogens with zero attached hydrogens (tertiary/aromatic N) is 1. The van der Waals surface area contributed by atoms with E-state index in [1.807, 2.05) is 0 Å². The maximum Gasteiger partial charge on any atom is 0.312 e. The number of hydrogen-bond acceptors (Lipinski definition) is 7. The van der Waals surface area contributed by atoms with Gasteiger partial charge in [0, 0.05) is 18.6 Å². The molecule has 0 atom stereocenters. The number of rotatable bonds is 4. The molecule has 2 aromatic rings. The van der Waals surface area contributed by atoms with Crippen molar-refractivity contribution < 1.29 is 27.9 Å². The fourth-order valence-electron chi connectivity index (χ4n) is 2.26. The van der Waals surface area contributed by atoms with Crippen LogP contribution in [0.4, 0.5) is 11.4 Å². The van der Waals surface area contributed by atoms with Crippen molar-refractivity contribution in [3.8, 4) is 17.2 Å². The highest BCUT2D eigenvalue weighted by molar-refractivity contribution is 7.92. The van der Waals surface area contributed by atoms with Crippen molar-refractivity contribution in [1.82, 2.24) is 0 Å². The second-order valence-electron chi connectivity index (χ2n) is 5.23. The van der Waals surface area contributed by atoms with Gasteiger partial charge in [-0.05, 0) is 24.3 Å². The van der Waals surface area contributed by atoms with Crippen LogP contribution in [-0.4, -0.2) is 31.7 Å². The molecule has 0 amide bonds. The van der Waals surface area contributed by atoms with E-state index in [4.69, 9.17) is 9.47 Å². The Morgan fingerprint density at radius 3 is 2.52 bits per heavy atom. The largest absolute Gasteiger partial charge is 0.502 e. The summed E-state index contributed by atoms with van der Waals surface area (Å²) >= 11 is 0. The van der Waals surface area contributed by atoms with Crippen LogP contribution in [0.2, 0.25) is 0 Å². The lowest BCUT2D eigenvalue weighted by Crippen LogP contribution is -2.13. The quantitative estimate of drug-likeness (QED) is 0.627. The van der Waals surface area contributed by atoms with Crippen molar-refractivity contribution in [3.05, 3.63) is 46.5 Å². The Hall–Kier alpha value is -3.01. The standard InChI is InChI=1S/C15H14N2O7S/c18-13-4-3-11(9-12(13)17(19)20)25(21,22)16-10-2-5-14-15(8-10)24-7-1-6-23-14/h2-5,8-9,16,18H,1,6-7H2. The number of phenols is 1. The predicted octanol–water partition coefficient (Wildman–Crippen LogP) is 2.26. The average Bonchev–Trinajstić information content (AvgIpc) is 2.79. The molecule has 0 aromatic heterocycles. The molecule has 2 N–H and O–H groups in total. The topological polar surface area (TPSA) is 128 Å². The van der Waals surface area contributed by atoms with Gasteiger partial charge in [-0.1, -0.05) is 0 Å². The molecule has 1 heterocycles. The van der Waals surface area contributed by atoms with E-state index < -0.39 is 26.4 Å². The minimum atomic E-state index is -4.08. The van der Waals surface area contributed by atoms with Gasteiger partial charge in [-0.3, -0.25) is 14.8 Å². The minimum Gasteiger partial charge on any atom is -0.502 e. The number of benzene rings is 2. The van der Waals surface area contributed by atoms with Gasteiger partial charge < -0.3 is 14.6 Å². The van der Waals surface area contributed by atoms with Gasteiger partial charge in [-0.25, -0.2) is 8.42 Å². The van der Waals surface area contributed by atoms with E-state index >= 15 is 0 Å². The number of fused-ring (bicyclic) bond motifs is 1. The zero-order valence-electron chi connectivity index (χ0n) is 12.8. The van der Waals surface area contributed by atoms with Crippen LogP contribution in [0.25, 0.3) is 0 Å². The molecule has 9 nitrogen and oxygen atoms in total. The number of hydrogen-bond donors (Lipinski definition) is 2. The Morgan fingerprint density at radius 2 is 1.80 bits per heavy atom. The number of aromatic hydroxyl groups is 1. The van der Waals surface area contributed by atoms with Crippen LogP contribution in [-0.2, 0) is 10.0 Å². The van der Waals surface area contributed by atoms with Gasteiger partial charge in [-0.2, -0.15) is 0 Å². The Labute approximate surface area is 143 Å². The molecule has 3 rings (SSSR count). The van der Waals surface area contributed by atoms with Gasteiger partial charge in [0.05, 0.1) is 28.7 Å². The van der Waals surface area contributed by atoms with Crippen LogP contribution in [0.5, 0.6) is 17.2 Å². The van der Waals surface area contributed by atoms with Crippen LogP contribution >= 0.6 is 0 Å². The summed E-state index contributed by atoms with van der Waals surface area (Å²) in [6.45, 7) is 0.961. The summed E-state index contributed by atoms with van der Waals surface area (Å²) < 4.78 is 38.2. The minimum absolute atomic E-state index is 0.222. The van der Waals surface area contributed by atoms with E-state index in [2.05, 4.69) is 4.72 Å². The lowest BCUT2D eigenvalue weighted by Gasteiger charge is -2.12. The Kier molecular flexibility index (Phi) is 4.36. The number of nitrogens with one attached hydrogen (secondary N) is 1. The summed E-state index contributed by atoms with van der Waals surface area (Å²) in [5.41, 5.74) is -0.471. The Balaban J connectivity index is 1.90. The van der Waals surface area contributed by atoms with E-state index in [9.17, 15) is 23.6 Å². The molecule has 10 heteroatoms. The highest BCUT2D eigenvalue weighted by Crippen LogP contribution is 2.34. The molecule has 0 unspecified atom stereocenters. The van der Waals surface area contributed by atoms with Gasteiger partial charge in [-0.15, -0.1) is 0 Å². The van der Waals surface area contributed by atoms with Crippen molar-refractivity contribution in [3.63, 3.8) is 0 Å². The second kappa shape index (κ2) is 6.48. The first-order chi connectivity index (χ1) is 11.9. The number of anilines is 1. The summed E-state index contributed by atoms with van der Waals surface area (Å²) in [6, 6.07) is 7.39. The molecule has 2 aromatic carbocycles. The lowest BCUT2D eigenvalue weighted by atomic mass is 10.3. The first kappa shape index (κ1) is 16.8. The highest BCUT2D eigenvalue weighted by atomic mass is 32.2. The molecule has 132 valence electrons. The lowest BCUT2D eigenvalue weighted by molar-refractivity contribution is -0.386. The molecular formula is C15H14N2O7S. The smallest absolute Gasteiger partial charge is 0.312 e. The Morgan fingerprint density at radius 1 is 1.08 bits per heavy atom. The van der Waals surface area contributed by atoms with Crippen molar-refractivity contribution >= 4 is 21.4 Å². The first-order valence-electron chi connectivity index (χ1n) is 7.27. The van der Waals surface area contributed by atoms with E-state index in [1.54, 1.807) is 6.07 Å². The molecule has 1 aliphatic rings. The number of nitro groups is 1. The number of ether oxygens (including phenoxy) is 2. The van der Waals surface area contributed by atoms with Crippen LogP contribution < -0.4 is 14.2 Å². The monoisotopic (exact) mass is 366 g/mol.